The van der Waals surface area contributed by atoms with E-state index in [4.69, 9.17) is 0 Å². The van der Waals surface area contributed by atoms with Crippen molar-refractivity contribution < 1.29 is 9.90 Å². The summed E-state index contributed by atoms with van der Waals surface area (Å²) in [5.74, 6) is 0.816. The molecule has 0 aliphatic carbocycles. The number of aromatic carboxylic acids is 1. The summed E-state index contributed by atoms with van der Waals surface area (Å²) in [5.41, 5.74) is 4.42. The molecule has 2 N–H and O–H groups in total. The van der Waals surface area contributed by atoms with E-state index in [0.717, 1.165) is 36.2 Å². The van der Waals surface area contributed by atoms with E-state index in [0.29, 0.717) is 11.5 Å². The normalized spacial score (nSPS) is 11.1. The molecule has 3 aromatic rings. The fraction of sp³-hybridized carbons (Fsp3) is 0.304. The van der Waals surface area contributed by atoms with Gasteiger partial charge in [0.1, 0.15) is 5.82 Å². The molecule has 1 heterocycles. The van der Waals surface area contributed by atoms with Crippen LogP contribution in [-0.4, -0.2) is 21.0 Å². The lowest BCUT2D eigenvalue weighted by molar-refractivity contribution is 0.0697. The first-order chi connectivity index (χ1) is 13.0. The summed E-state index contributed by atoms with van der Waals surface area (Å²) in [7, 11) is 0. The summed E-state index contributed by atoms with van der Waals surface area (Å²) in [5, 5.41) is 9.35. The summed E-state index contributed by atoms with van der Waals surface area (Å²) < 4.78 is 0. The third-order valence-electron chi connectivity index (χ3n) is 4.74. The number of rotatable bonds is 8. The highest BCUT2D eigenvalue weighted by Gasteiger charge is 2.10. The second kappa shape index (κ2) is 8.67. The van der Waals surface area contributed by atoms with Gasteiger partial charge in [0, 0.05) is 18.3 Å². The van der Waals surface area contributed by atoms with Crippen LogP contribution >= 0.6 is 0 Å². The topological polar surface area (TPSA) is 66.0 Å². The lowest BCUT2D eigenvalue weighted by Gasteiger charge is -2.07. The molecule has 0 aliphatic heterocycles. The number of aromatic amines is 1. The number of carboxylic acids is 1. The van der Waals surface area contributed by atoms with Gasteiger partial charge in [0.15, 0.2) is 0 Å². The van der Waals surface area contributed by atoms with Crippen LogP contribution in [0.25, 0.3) is 11.1 Å². The van der Waals surface area contributed by atoms with Crippen molar-refractivity contribution in [1.82, 2.24) is 9.97 Å². The van der Waals surface area contributed by atoms with Gasteiger partial charge in [0.2, 0.25) is 0 Å². The quantitative estimate of drug-likeness (QED) is 0.582. The maximum absolute atomic E-state index is 11.4. The van der Waals surface area contributed by atoms with Crippen molar-refractivity contribution in [2.75, 3.05) is 0 Å². The number of nitrogens with zero attached hydrogens (tertiary/aromatic N) is 1. The number of hydrogen-bond acceptors (Lipinski definition) is 2. The molecule has 0 amide bonds. The Kier molecular flexibility index (Phi) is 6.07. The number of aromatic nitrogens is 2. The van der Waals surface area contributed by atoms with Crippen molar-refractivity contribution in [2.24, 2.45) is 5.92 Å². The average Bonchev–Trinajstić information content (AvgIpc) is 3.13. The fourth-order valence-electron chi connectivity index (χ4n) is 3.14. The molecule has 0 radical (unpaired) electrons. The van der Waals surface area contributed by atoms with Crippen LogP contribution in [-0.2, 0) is 19.3 Å². The molecule has 1 aromatic heterocycles. The van der Waals surface area contributed by atoms with Crippen LogP contribution in [0.3, 0.4) is 0 Å². The van der Waals surface area contributed by atoms with Crippen LogP contribution < -0.4 is 0 Å². The first-order valence-corrected chi connectivity index (χ1v) is 9.47. The maximum atomic E-state index is 11.4. The summed E-state index contributed by atoms with van der Waals surface area (Å²) in [6.45, 7) is 4.46. The molecule has 0 unspecified atom stereocenters. The predicted molar refractivity (Wildman–Crippen MR) is 108 cm³/mol. The Morgan fingerprint density at radius 1 is 1.04 bits per heavy atom. The number of imidazole rings is 1. The molecule has 4 nitrogen and oxygen atoms in total. The zero-order valence-corrected chi connectivity index (χ0v) is 15.9. The van der Waals surface area contributed by atoms with E-state index in [1.165, 1.54) is 17.7 Å². The van der Waals surface area contributed by atoms with Gasteiger partial charge in [0.25, 0.3) is 0 Å². The Labute approximate surface area is 160 Å². The Hall–Kier alpha value is -2.88. The second-order valence-corrected chi connectivity index (χ2v) is 7.34. The molecular formula is C23H26N2O2. The molecule has 3 rings (SSSR count). The van der Waals surface area contributed by atoms with Gasteiger partial charge >= 0.3 is 5.97 Å². The summed E-state index contributed by atoms with van der Waals surface area (Å²) >= 11 is 0. The summed E-state index contributed by atoms with van der Waals surface area (Å²) in [6, 6.07) is 15.2. The number of benzene rings is 2. The lowest BCUT2D eigenvalue weighted by atomic mass is 9.98. The number of aryl methyl sites for hydroxylation is 3. The molecule has 0 saturated carbocycles. The first kappa shape index (κ1) is 18.9. The van der Waals surface area contributed by atoms with Crippen LogP contribution in [0.2, 0.25) is 0 Å². The minimum absolute atomic E-state index is 0.328. The molecule has 0 spiro atoms. The molecule has 0 bridgehead atoms. The third kappa shape index (κ3) is 5.07. The number of H-pyrrole nitrogens is 1. The van der Waals surface area contributed by atoms with Crippen LogP contribution in [0.1, 0.15) is 47.7 Å². The molecule has 0 fully saturated rings. The van der Waals surface area contributed by atoms with E-state index in [9.17, 15) is 9.90 Å². The van der Waals surface area contributed by atoms with Gasteiger partial charge in [-0.25, -0.2) is 9.78 Å². The zero-order valence-electron chi connectivity index (χ0n) is 15.9. The molecule has 27 heavy (non-hydrogen) atoms. The van der Waals surface area contributed by atoms with E-state index >= 15 is 0 Å². The predicted octanol–water partition coefficient (Wildman–Crippen LogP) is 5.15. The fourth-order valence-corrected chi connectivity index (χ4v) is 3.14. The van der Waals surface area contributed by atoms with Crippen LogP contribution in [0, 0.1) is 5.92 Å². The zero-order chi connectivity index (χ0) is 19.2. The van der Waals surface area contributed by atoms with Gasteiger partial charge in [-0.1, -0.05) is 56.3 Å². The van der Waals surface area contributed by atoms with E-state index in [1.54, 1.807) is 12.1 Å². The number of nitrogens with one attached hydrogen (secondary N) is 1. The van der Waals surface area contributed by atoms with Crippen molar-refractivity contribution in [2.45, 2.75) is 39.5 Å². The minimum Gasteiger partial charge on any atom is -0.478 e. The molecule has 140 valence electrons. The Morgan fingerprint density at radius 2 is 1.78 bits per heavy atom. The van der Waals surface area contributed by atoms with Gasteiger partial charge in [0.05, 0.1) is 5.56 Å². The molecule has 2 aromatic carbocycles. The SMILES string of the molecule is CC(C)CCc1cnc(CCc2ccc(-c3ccccc3C(=O)O)cc2)[nH]1. The molecule has 0 atom stereocenters. The van der Waals surface area contributed by atoms with Crippen molar-refractivity contribution in [3.05, 3.63) is 77.4 Å². The average molecular weight is 362 g/mol. The highest BCUT2D eigenvalue weighted by Crippen LogP contribution is 2.24. The monoisotopic (exact) mass is 362 g/mol. The van der Waals surface area contributed by atoms with E-state index in [2.05, 4.69) is 35.9 Å². The Bertz CT molecular complexity index is 895. The highest BCUT2D eigenvalue weighted by atomic mass is 16.4. The standard InChI is InChI=1S/C23H26N2O2/c1-16(2)7-13-19-15-24-22(25-19)14-10-17-8-11-18(12-9-17)20-5-3-4-6-21(20)23(26)27/h3-6,8-9,11-12,15-16H,7,10,13-14H2,1-2H3,(H,24,25)(H,26,27). The molecular weight excluding hydrogens is 336 g/mol. The van der Waals surface area contributed by atoms with Gasteiger partial charge in [-0.15, -0.1) is 0 Å². The van der Waals surface area contributed by atoms with E-state index < -0.39 is 5.97 Å². The Morgan fingerprint density at radius 3 is 2.48 bits per heavy atom. The van der Waals surface area contributed by atoms with Gasteiger partial charge in [-0.3, -0.25) is 0 Å². The Balaban J connectivity index is 1.63. The summed E-state index contributed by atoms with van der Waals surface area (Å²) in [4.78, 5) is 19.3. The number of carbonyl (C=O) groups is 1. The maximum Gasteiger partial charge on any atom is 0.336 e. The summed E-state index contributed by atoms with van der Waals surface area (Å²) in [6.07, 6.45) is 5.93. The van der Waals surface area contributed by atoms with Crippen molar-refractivity contribution >= 4 is 5.97 Å². The largest absolute Gasteiger partial charge is 0.478 e. The first-order valence-electron chi connectivity index (χ1n) is 9.47. The van der Waals surface area contributed by atoms with E-state index in [1.807, 2.05) is 30.5 Å². The van der Waals surface area contributed by atoms with Gasteiger partial charge in [-0.05, 0) is 47.9 Å². The smallest absolute Gasteiger partial charge is 0.336 e. The molecule has 0 aliphatic rings. The number of hydrogen-bond donors (Lipinski definition) is 2. The van der Waals surface area contributed by atoms with Gasteiger partial charge < -0.3 is 10.1 Å². The van der Waals surface area contributed by atoms with Crippen LogP contribution in [0.4, 0.5) is 0 Å². The second-order valence-electron chi connectivity index (χ2n) is 7.34. The molecule has 0 saturated heterocycles. The van der Waals surface area contributed by atoms with Crippen molar-refractivity contribution in [3.63, 3.8) is 0 Å². The van der Waals surface area contributed by atoms with Gasteiger partial charge in [-0.2, -0.15) is 0 Å². The van der Waals surface area contributed by atoms with Crippen LogP contribution in [0.5, 0.6) is 0 Å². The lowest BCUT2D eigenvalue weighted by Crippen LogP contribution is -1.99. The van der Waals surface area contributed by atoms with Crippen LogP contribution in [0.15, 0.2) is 54.7 Å². The highest BCUT2D eigenvalue weighted by molar-refractivity contribution is 5.95. The molecule has 4 heteroatoms. The van der Waals surface area contributed by atoms with Crippen molar-refractivity contribution in [1.29, 1.82) is 0 Å². The van der Waals surface area contributed by atoms with Crippen molar-refractivity contribution in [3.8, 4) is 11.1 Å². The van der Waals surface area contributed by atoms with E-state index in [-0.39, 0.29) is 0 Å². The third-order valence-corrected chi connectivity index (χ3v) is 4.74. The minimum atomic E-state index is -0.902. The number of carboxylic acid groups (broad SMARTS) is 1.